The van der Waals surface area contributed by atoms with Crippen LogP contribution in [0.25, 0.3) is 21.7 Å². The number of nitriles is 1. The number of halogens is 7. The molecular formula is C57H56F7N9O7S2. The van der Waals surface area contributed by atoms with E-state index < -0.39 is 116 Å². The molecule has 3 saturated heterocycles. The summed E-state index contributed by atoms with van der Waals surface area (Å²) in [6.07, 6.45) is -5.60. The Hall–Kier alpha value is -7.56. The molecular weight excluding hydrogens is 1120 g/mol. The van der Waals surface area contributed by atoms with E-state index in [1.165, 1.54) is 48.3 Å². The summed E-state index contributed by atoms with van der Waals surface area (Å²) >= 11 is 6.91. The lowest BCUT2D eigenvalue weighted by Crippen LogP contribution is -2.59. The summed E-state index contributed by atoms with van der Waals surface area (Å²) < 4.78 is 110. The maximum absolute atomic E-state index is 16.0. The van der Waals surface area contributed by atoms with E-state index in [1.807, 2.05) is 19.1 Å². The average molecular weight is 1180 g/mol. The summed E-state index contributed by atoms with van der Waals surface area (Å²) in [4.78, 5) is 83.1. The average Bonchev–Trinajstić information content (AvgIpc) is 3.76. The second-order valence-corrected chi connectivity index (χ2v) is 23.6. The van der Waals surface area contributed by atoms with Gasteiger partial charge in [-0.25, -0.2) is 22.5 Å². The third-order valence-electron chi connectivity index (χ3n) is 15.2. The molecule has 4 fully saturated rings. The van der Waals surface area contributed by atoms with Crippen LogP contribution in [0.5, 0.6) is 5.75 Å². The standard InChI is InChI=1S/C57H56F7N9O7S2/c1-29-47(82-28-67-29)31-9-7-30(8-10-31)39(68-49(76)41-23-35(74)27-71(41)50(77)48(54(2,3)4)69-51(78)56(61)17-18-56)24-43(75)70-19-15-36(16-20-70)80-42-14-12-32(21-37(42)58)46-38(59)22-34(26-66-46)73-53(81)72(52(79)55(73,5)6)40-13-11-33(25-65)44(45(40)60)57(62,63)64/h7-14,21-22,26,28,35-36,39,41,48,74H,15-20,23-24,27H2,1-6H3,(H,68,76)(H,69,78)/t35-,39+,41+,48-/m1/s1. The molecule has 3 N–H and O–H groups in total. The highest BCUT2D eigenvalue weighted by Gasteiger charge is 2.55. The van der Waals surface area contributed by atoms with Gasteiger partial charge in [0.25, 0.3) is 11.8 Å². The summed E-state index contributed by atoms with van der Waals surface area (Å²) in [5, 5.41) is 25.1. The minimum Gasteiger partial charge on any atom is -0.487 e. The number of piperidine rings is 1. The van der Waals surface area contributed by atoms with Crippen molar-refractivity contribution in [2.24, 2.45) is 5.41 Å². The highest BCUT2D eigenvalue weighted by molar-refractivity contribution is 7.81. The van der Waals surface area contributed by atoms with Crippen molar-refractivity contribution >= 4 is 69.6 Å². The number of anilines is 2. The van der Waals surface area contributed by atoms with E-state index in [0.29, 0.717) is 16.5 Å². The first kappa shape index (κ1) is 59.1. The third kappa shape index (κ3) is 11.6. The Kier molecular flexibility index (Phi) is 16.1. The monoisotopic (exact) mass is 1180 g/mol. The van der Waals surface area contributed by atoms with Gasteiger partial charge in [0.15, 0.2) is 34.0 Å². The predicted octanol–water partition coefficient (Wildman–Crippen LogP) is 9.02. The zero-order valence-electron chi connectivity index (χ0n) is 45.2. The summed E-state index contributed by atoms with van der Waals surface area (Å²) in [7, 11) is 0. The van der Waals surface area contributed by atoms with Crippen molar-refractivity contribution in [3.05, 3.63) is 112 Å². The summed E-state index contributed by atoms with van der Waals surface area (Å²) in [5.74, 6) is -7.48. The number of pyridine rings is 1. The fraction of sp³-hybridized carbons (Fsp3) is 0.421. The van der Waals surface area contributed by atoms with Gasteiger partial charge in [0.05, 0.1) is 63.9 Å². The quantitative estimate of drug-likeness (QED) is 0.0705. The van der Waals surface area contributed by atoms with Crippen LogP contribution in [0.1, 0.15) is 102 Å². The first-order chi connectivity index (χ1) is 38.5. The maximum atomic E-state index is 16.0. The number of nitrogens with one attached hydrogen (secondary N) is 2. The van der Waals surface area contributed by atoms with Gasteiger partial charge >= 0.3 is 6.18 Å². The first-order valence-electron chi connectivity index (χ1n) is 26.2. The van der Waals surface area contributed by atoms with Gasteiger partial charge in [0, 0.05) is 50.5 Å². The number of ether oxygens (including phenoxy) is 1. The van der Waals surface area contributed by atoms with Gasteiger partial charge in [0.1, 0.15) is 35.0 Å². The summed E-state index contributed by atoms with van der Waals surface area (Å²) in [5.41, 5.74) is -4.95. The number of amides is 5. The number of aryl methyl sites for hydroxylation is 1. The number of carbonyl (C=O) groups excluding carboxylic acids is 5. The third-order valence-corrected chi connectivity index (χ3v) is 16.5. The van der Waals surface area contributed by atoms with Crippen LogP contribution in [-0.4, -0.2) is 115 Å². The highest BCUT2D eigenvalue weighted by Crippen LogP contribution is 2.44. The lowest BCUT2D eigenvalue weighted by Gasteiger charge is -2.36. The smallest absolute Gasteiger partial charge is 0.420 e. The van der Waals surface area contributed by atoms with Gasteiger partial charge < -0.3 is 35.2 Å². The van der Waals surface area contributed by atoms with Crippen LogP contribution in [0.3, 0.4) is 0 Å². The summed E-state index contributed by atoms with van der Waals surface area (Å²) in [6, 6.07) is 11.3. The number of aliphatic hydroxyl groups is 1. The molecule has 0 radical (unpaired) electrons. The Morgan fingerprint density at radius 2 is 1.62 bits per heavy atom. The Labute approximate surface area is 476 Å². The van der Waals surface area contributed by atoms with E-state index in [9.17, 15) is 51.9 Å². The van der Waals surface area contributed by atoms with Crippen molar-refractivity contribution in [2.75, 3.05) is 29.4 Å². The van der Waals surface area contributed by atoms with Crippen molar-refractivity contribution in [1.29, 1.82) is 5.26 Å². The number of thiocarbonyl (C=S) groups is 1. The van der Waals surface area contributed by atoms with E-state index in [0.717, 1.165) is 45.4 Å². The van der Waals surface area contributed by atoms with Crippen LogP contribution in [0.4, 0.5) is 42.1 Å². The second kappa shape index (κ2) is 22.3. The molecule has 1 aliphatic carbocycles. The molecule has 5 heterocycles. The number of alkyl halides is 4. The van der Waals surface area contributed by atoms with Crippen LogP contribution in [-0.2, 0) is 30.1 Å². The topological polar surface area (TPSA) is 201 Å². The Bertz CT molecular complexity index is 3430. The van der Waals surface area contributed by atoms with Gasteiger partial charge in [-0.3, -0.25) is 33.9 Å². The molecule has 82 heavy (non-hydrogen) atoms. The van der Waals surface area contributed by atoms with Crippen LogP contribution in [0.15, 0.2) is 72.4 Å². The van der Waals surface area contributed by atoms with Gasteiger partial charge in [-0.2, -0.15) is 18.4 Å². The molecule has 0 bridgehead atoms. The Morgan fingerprint density at radius 3 is 2.21 bits per heavy atom. The van der Waals surface area contributed by atoms with Gasteiger partial charge in [0.2, 0.25) is 17.7 Å². The van der Waals surface area contributed by atoms with Crippen molar-refractivity contribution in [2.45, 2.75) is 128 Å². The number of benzene rings is 3. The molecule has 2 aromatic heterocycles. The normalized spacial score (nSPS) is 19.7. The van der Waals surface area contributed by atoms with Crippen molar-refractivity contribution in [1.82, 2.24) is 30.4 Å². The fourth-order valence-electron chi connectivity index (χ4n) is 10.4. The van der Waals surface area contributed by atoms with Crippen molar-refractivity contribution < 1.29 is 64.5 Å². The Morgan fingerprint density at radius 1 is 0.951 bits per heavy atom. The lowest BCUT2D eigenvalue weighted by atomic mass is 9.85. The number of likely N-dealkylation sites (tertiary alicyclic amines) is 2. The fourth-order valence-corrected chi connectivity index (χ4v) is 11.8. The van der Waals surface area contributed by atoms with E-state index in [2.05, 4.69) is 20.6 Å². The molecule has 1 saturated carbocycles. The molecule has 25 heteroatoms. The molecule has 9 rings (SSSR count). The molecule has 5 amide bonds. The zero-order chi connectivity index (χ0) is 59.5. The maximum Gasteiger partial charge on any atom is 0.420 e. The second-order valence-electron chi connectivity index (χ2n) is 22.4. The lowest BCUT2D eigenvalue weighted by molar-refractivity contribution is -0.145. The molecule has 5 aromatic rings. The SMILES string of the molecule is Cc1ncsc1-c1ccc([C@H](CC(=O)N2CCC(Oc3ccc(-c4ncc(N5C(=S)N(c6ccc(C#N)c(C(F)(F)F)c6F)C(=O)C5(C)C)cc4F)cc3F)CC2)NC(=O)[C@@H]2C[C@@H](O)CN2C(=O)[C@@H](NC(=O)C2(F)CC2)C(C)(C)C)cc1. The minimum absolute atomic E-state index is 0.0181. The van der Waals surface area contributed by atoms with Gasteiger partial charge in [-0.15, -0.1) is 11.3 Å². The first-order valence-corrected chi connectivity index (χ1v) is 27.5. The number of aromatic nitrogens is 2. The minimum atomic E-state index is -5.30. The number of nitrogens with zero attached hydrogens (tertiary/aromatic N) is 7. The van der Waals surface area contributed by atoms with E-state index in [-0.39, 0.29) is 86.8 Å². The molecule has 4 aliphatic rings. The van der Waals surface area contributed by atoms with E-state index >= 15 is 13.2 Å². The molecule has 0 spiro atoms. The van der Waals surface area contributed by atoms with Crippen LogP contribution >= 0.6 is 23.6 Å². The highest BCUT2D eigenvalue weighted by atomic mass is 32.1. The van der Waals surface area contributed by atoms with E-state index in [4.69, 9.17) is 17.0 Å². The molecule has 3 aliphatic heterocycles. The van der Waals surface area contributed by atoms with Crippen LogP contribution < -0.4 is 25.2 Å². The zero-order valence-corrected chi connectivity index (χ0v) is 46.8. The number of thiazole rings is 1. The number of β-amino-alcohol motifs (C(OH)–C–C–N with tert-alkyl or cyclic N) is 1. The van der Waals surface area contributed by atoms with Gasteiger partial charge in [-0.05, 0) is 92.7 Å². The largest absolute Gasteiger partial charge is 0.487 e. The number of hydrogen-bond donors (Lipinski definition) is 3. The number of rotatable bonds is 14. The van der Waals surface area contributed by atoms with Crippen molar-refractivity contribution in [3.63, 3.8) is 0 Å². The molecule has 16 nitrogen and oxygen atoms in total. The number of carbonyl (C=O) groups is 5. The summed E-state index contributed by atoms with van der Waals surface area (Å²) in [6.45, 7) is 9.78. The number of aliphatic hydroxyl groups excluding tert-OH is 1. The van der Waals surface area contributed by atoms with Crippen molar-refractivity contribution in [3.8, 4) is 33.5 Å². The van der Waals surface area contributed by atoms with Crippen LogP contribution in [0.2, 0.25) is 0 Å². The molecule has 3 aromatic carbocycles. The van der Waals surface area contributed by atoms with Gasteiger partial charge in [-0.1, -0.05) is 45.0 Å². The van der Waals surface area contributed by atoms with Crippen LogP contribution in [0, 0.1) is 41.1 Å². The Balaban J connectivity index is 0.859. The molecule has 4 atom stereocenters. The molecule has 0 unspecified atom stereocenters. The number of hydrogen-bond acceptors (Lipinski definition) is 12. The molecule has 432 valence electrons. The predicted molar refractivity (Wildman–Crippen MR) is 291 cm³/mol. The van der Waals surface area contributed by atoms with E-state index in [1.54, 1.807) is 43.3 Å².